The summed E-state index contributed by atoms with van der Waals surface area (Å²) < 4.78 is 0. The largest absolute Gasteiger partial charge is 0.286 e. The zero-order valence-electron chi connectivity index (χ0n) is 16.7. The van der Waals surface area contributed by atoms with Crippen LogP contribution in [0.4, 0.5) is 0 Å². The molecule has 7 heteroatoms. The van der Waals surface area contributed by atoms with Crippen LogP contribution in [0.15, 0.2) is 103 Å². The van der Waals surface area contributed by atoms with Gasteiger partial charge >= 0.3 is 0 Å². The van der Waals surface area contributed by atoms with Gasteiger partial charge in [0.2, 0.25) is 0 Å². The first-order chi connectivity index (χ1) is 14.3. The van der Waals surface area contributed by atoms with E-state index in [4.69, 9.17) is 5.10 Å². The van der Waals surface area contributed by atoms with Gasteiger partial charge in [-0.25, -0.2) is 0 Å². The highest BCUT2D eigenvalue weighted by molar-refractivity contribution is 5.79. The third-order valence-electron chi connectivity index (χ3n) is 4.75. The second-order valence-electron chi connectivity index (χ2n) is 6.78. The van der Waals surface area contributed by atoms with Crippen molar-refractivity contribution in [3.05, 3.63) is 97.7 Å². The van der Waals surface area contributed by atoms with Gasteiger partial charge in [-0.15, -0.1) is 5.10 Å². The first-order valence-electron chi connectivity index (χ1n) is 9.85. The molecule has 0 unspecified atom stereocenters. The van der Waals surface area contributed by atoms with E-state index in [9.17, 15) is 0 Å². The van der Waals surface area contributed by atoms with E-state index in [0.717, 1.165) is 32.1 Å². The maximum atomic E-state index is 5.03. The number of hydrazine groups is 3. The summed E-state index contributed by atoms with van der Waals surface area (Å²) >= 11 is 0. The Bertz CT molecular complexity index is 813. The van der Waals surface area contributed by atoms with Crippen molar-refractivity contribution in [1.29, 1.82) is 0 Å². The fraction of sp³-hybridized carbons (Fsp3) is 0.227. The molecule has 0 spiro atoms. The molecule has 29 heavy (non-hydrogen) atoms. The van der Waals surface area contributed by atoms with Crippen molar-refractivity contribution < 1.29 is 0 Å². The van der Waals surface area contributed by atoms with E-state index >= 15 is 0 Å². The van der Waals surface area contributed by atoms with Gasteiger partial charge in [-0.1, -0.05) is 48.6 Å². The lowest BCUT2D eigenvalue weighted by atomic mass is 10.4. The maximum Gasteiger partial charge on any atom is 0.277 e. The molecule has 0 saturated carbocycles. The Hall–Kier alpha value is -3.61. The van der Waals surface area contributed by atoms with E-state index in [1.54, 1.807) is 0 Å². The standard InChI is InChI=1S/C22H27N7/c1-24(26-16-8-3-9-17-26)22(23-25-14-6-2-7-15-25)29(27-18-10-4-11-19-27)28-20-12-5-13-21-28/h2-14,16,18,20H,15,17,19,21H2,1H3. The molecule has 0 radical (unpaired) electrons. The van der Waals surface area contributed by atoms with Gasteiger partial charge in [0.25, 0.3) is 5.96 Å². The van der Waals surface area contributed by atoms with Crippen LogP contribution in [0, 0.1) is 0 Å². The zero-order valence-corrected chi connectivity index (χ0v) is 16.7. The molecular weight excluding hydrogens is 362 g/mol. The summed E-state index contributed by atoms with van der Waals surface area (Å²) in [5.41, 5.74) is 0. The number of allylic oxidation sites excluding steroid dienone is 8. The molecule has 0 aromatic heterocycles. The molecule has 0 bridgehead atoms. The van der Waals surface area contributed by atoms with Crippen molar-refractivity contribution in [2.45, 2.75) is 0 Å². The number of hydrogen-bond donors (Lipinski definition) is 0. The maximum absolute atomic E-state index is 5.03. The summed E-state index contributed by atoms with van der Waals surface area (Å²) in [5.74, 6) is 0.796. The number of rotatable bonds is 4. The number of hydrogen-bond acceptors (Lipinski definition) is 5. The van der Waals surface area contributed by atoms with Crippen molar-refractivity contribution in [3.8, 4) is 0 Å². The van der Waals surface area contributed by atoms with Crippen LogP contribution < -0.4 is 0 Å². The molecule has 150 valence electrons. The molecule has 0 N–H and O–H groups in total. The Kier molecular flexibility index (Phi) is 5.85. The van der Waals surface area contributed by atoms with Crippen LogP contribution >= 0.6 is 0 Å². The van der Waals surface area contributed by atoms with Crippen molar-refractivity contribution in [2.75, 3.05) is 33.2 Å². The Morgan fingerprint density at radius 3 is 1.55 bits per heavy atom. The quantitative estimate of drug-likeness (QED) is 0.543. The molecule has 4 aliphatic heterocycles. The van der Waals surface area contributed by atoms with Crippen molar-refractivity contribution >= 4 is 5.96 Å². The highest BCUT2D eigenvalue weighted by Gasteiger charge is 2.29. The van der Waals surface area contributed by atoms with Crippen molar-refractivity contribution in [2.24, 2.45) is 5.10 Å². The fourth-order valence-corrected chi connectivity index (χ4v) is 3.25. The van der Waals surface area contributed by atoms with E-state index in [0.29, 0.717) is 0 Å². The van der Waals surface area contributed by atoms with Gasteiger partial charge in [-0.2, -0.15) is 5.12 Å². The Morgan fingerprint density at radius 1 is 0.621 bits per heavy atom. The van der Waals surface area contributed by atoms with Gasteiger partial charge in [0.15, 0.2) is 0 Å². The zero-order chi connectivity index (χ0) is 19.9. The summed E-state index contributed by atoms with van der Waals surface area (Å²) in [7, 11) is 2.05. The lowest BCUT2D eigenvalue weighted by Gasteiger charge is -2.46. The monoisotopic (exact) mass is 389 g/mol. The average molecular weight is 390 g/mol. The summed E-state index contributed by atoms with van der Waals surface area (Å²) in [6.45, 7) is 3.07. The molecule has 4 aliphatic rings. The molecule has 4 rings (SSSR count). The van der Waals surface area contributed by atoms with Gasteiger partial charge in [-0.05, 0) is 24.3 Å². The van der Waals surface area contributed by atoms with E-state index in [-0.39, 0.29) is 0 Å². The van der Waals surface area contributed by atoms with Gasteiger partial charge in [0.1, 0.15) is 0 Å². The molecule has 7 nitrogen and oxygen atoms in total. The summed E-state index contributed by atoms with van der Waals surface area (Å²) in [5, 5.41) is 17.6. The molecule has 0 aromatic carbocycles. The molecular formula is C22H27N7. The van der Waals surface area contributed by atoms with E-state index in [2.05, 4.69) is 86.3 Å². The van der Waals surface area contributed by atoms with Crippen LogP contribution in [0.2, 0.25) is 0 Å². The fourth-order valence-electron chi connectivity index (χ4n) is 3.25. The molecule has 0 fully saturated rings. The predicted molar refractivity (Wildman–Crippen MR) is 117 cm³/mol. The molecule has 0 atom stereocenters. The Balaban J connectivity index is 1.71. The van der Waals surface area contributed by atoms with E-state index in [1.165, 1.54) is 0 Å². The van der Waals surface area contributed by atoms with Crippen molar-refractivity contribution in [1.82, 2.24) is 30.2 Å². The summed E-state index contributed by atoms with van der Waals surface area (Å²) in [4.78, 5) is 0. The van der Waals surface area contributed by atoms with Gasteiger partial charge in [0, 0.05) is 31.8 Å². The lowest BCUT2D eigenvalue weighted by Crippen LogP contribution is -2.60. The van der Waals surface area contributed by atoms with Crippen LogP contribution in [0.25, 0.3) is 0 Å². The van der Waals surface area contributed by atoms with Crippen molar-refractivity contribution in [3.63, 3.8) is 0 Å². The minimum atomic E-state index is 0.739. The van der Waals surface area contributed by atoms with E-state index < -0.39 is 0 Å². The van der Waals surface area contributed by atoms with E-state index in [1.807, 2.05) is 48.6 Å². The van der Waals surface area contributed by atoms with Gasteiger partial charge in [-0.3, -0.25) is 25.0 Å². The molecule has 0 saturated heterocycles. The Labute approximate surface area is 172 Å². The molecule has 0 aliphatic carbocycles. The number of nitrogens with zero attached hydrogens (tertiary/aromatic N) is 7. The molecule has 0 amide bonds. The number of guanidine groups is 1. The predicted octanol–water partition coefficient (Wildman–Crippen LogP) is 2.78. The van der Waals surface area contributed by atoms with Gasteiger partial charge < -0.3 is 0 Å². The smallest absolute Gasteiger partial charge is 0.277 e. The number of hydrazone groups is 1. The normalized spacial score (nSPS) is 20.2. The highest BCUT2D eigenvalue weighted by Crippen LogP contribution is 2.17. The molecule has 4 heterocycles. The second kappa shape index (κ2) is 9.05. The topological polar surface area (TPSA) is 31.8 Å². The van der Waals surface area contributed by atoms with Crippen LogP contribution in [0.1, 0.15) is 0 Å². The third kappa shape index (κ3) is 4.45. The third-order valence-corrected chi connectivity index (χ3v) is 4.75. The minimum Gasteiger partial charge on any atom is -0.286 e. The first kappa shape index (κ1) is 18.7. The van der Waals surface area contributed by atoms with Crippen LogP contribution in [0.5, 0.6) is 0 Å². The second-order valence-corrected chi connectivity index (χ2v) is 6.78. The van der Waals surface area contributed by atoms with Crippen LogP contribution in [-0.4, -0.2) is 69.3 Å². The average Bonchev–Trinajstić information content (AvgIpc) is 2.81. The lowest BCUT2D eigenvalue weighted by molar-refractivity contribution is -0.0763. The first-order valence-corrected chi connectivity index (χ1v) is 9.85. The van der Waals surface area contributed by atoms with Crippen LogP contribution in [-0.2, 0) is 0 Å². The summed E-state index contributed by atoms with van der Waals surface area (Å²) in [6, 6.07) is 0. The van der Waals surface area contributed by atoms with Gasteiger partial charge in [0.05, 0.1) is 26.2 Å². The summed E-state index contributed by atoms with van der Waals surface area (Å²) in [6.07, 6.45) is 33.1. The minimum absolute atomic E-state index is 0.739. The van der Waals surface area contributed by atoms with Crippen LogP contribution in [0.3, 0.4) is 0 Å². The SMILES string of the molecule is CN(C(=NN1C=CC=CC1)N(N1C=CC=CC1)N1C=CC=CC1)N1C=CC=CC1. The molecule has 0 aromatic rings. The Morgan fingerprint density at radius 2 is 1.10 bits per heavy atom. The highest BCUT2D eigenvalue weighted by atomic mass is 15.9.